The molecule has 152 valence electrons. The van der Waals surface area contributed by atoms with Gasteiger partial charge in [0, 0.05) is 24.6 Å². The number of hydrogen-bond acceptors (Lipinski definition) is 5. The van der Waals surface area contributed by atoms with E-state index in [9.17, 15) is 9.90 Å². The van der Waals surface area contributed by atoms with Gasteiger partial charge in [0.2, 0.25) is 0 Å². The van der Waals surface area contributed by atoms with Crippen LogP contribution in [-0.2, 0) is 14.3 Å². The minimum Gasteiger partial charge on any atom is -0.466 e. The SMILES string of the molecule is COC(=O)C1=C2CC[C@@]34CC[C@@H]5CN6CC(C)[C@H]7CC[C@]5(C)[C@@](C1)([C@]23O4)[C@]76O. The molecule has 3 saturated heterocycles. The number of nitrogens with zero attached hydrogens (tertiary/aromatic N) is 1. The molecule has 7 aliphatic rings. The average molecular weight is 386 g/mol. The van der Waals surface area contributed by atoms with Crippen molar-refractivity contribution in [3.63, 3.8) is 0 Å². The first kappa shape index (κ1) is 16.8. The van der Waals surface area contributed by atoms with E-state index in [1.54, 1.807) is 0 Å². The van der Waals surface area contributed by atoms with Crippen molar-refractivity contribution in [2.75, 3.05) is 20.2 Å². The fourth-order valence-electron chi connectivity index (χ4n) is 10.0. The van der Waals surface area contributed by atoms with Gasteiger partial charge < -0.3 is 14.6 Å². The van der Waals surface area contributed by atoms with Crippen LogP contribution in [0.5, 0.6) is 0 Å². The fourth-order valence-corrected chi connectivity index (χ4v) is 10.0. The van der Waals surface area contributed by atoms with E-state index in [1.165, 1.54) is 19.1 Å². The molecular weight excluding hydrogens is 354 g/mol. The van der Waals surface area contributed by atoms with Crippen LogP contribution in [0.1, 0.15) is 58.8 Å². The van der Waals surface area contributed by atoms with Gasteiger partial charge in [-0.25, -0.2) is 4.79 Å². The molecule has 8 atom stereocenters. The largest absolute Gasteiger partial charge is 0.466 e. The second-order valence-electron chi connectivity index (χ2n) is 11.2. The number of ether oxygens (including phenoxy) is 2. The van der Waals surface area contributed by atoms with Crippen molar-refractivity contribution < 1.29 is 19.4 Å². The van der Waals surface area contributed by atoms with Crippen LogP contribution in [-0.4, -0.2) is 53.1 Å². The van der Waals surface area contributed by atoms with Gasteiger partial charge in [-0.05, 0) is 67.8 Å². The molecule has 0 amide bonds. The van der Waals surface area contributed by atoms with Crippen molar-refractivity contribution >= 4 is 5.97 Å². The van der Waals surface area contributed by atoms with Crippen LogP contribution < -0.4 is 0 Å². The maximum Gasteiger partial charge on any atom is 0.333 e. The highest BCUT2D eigenvalue weighted by atomic mass is 16.6. The summed E-state index contributed by atoms with van der Waals surface area (Å²) in [6.45, 7) is 6.73. The molecule has 0 radical (unpaired) electrons. The molecule has 3 heterocycles. The summed E-state index contributed by atoms with van der Waals surface area (Å²) in [5.41, 5.74) is 0.188. The van der Waals surface area contributed by atoms with Gasteiger partial charge in [-0.3, -0.25) is 4.90 Å². The van der Waals surface area contributed by atoms with Gasteiger partial charge in [-0.1, -0.05) is 13.8 Å². The number of epoxide rings is 1. The number of carbonyl (C=O) groups excluding carboxylic acids is 1. The zero-order valence-corrected chi connectivity index (χ0v) is 17.2. The van der Waals surface area contributed by atoms with Crippen LogP contribution in [0.3, 0.4) is 0 Å². The number of hydrogen-bond donors (Lipinski definition) is 1. The van der Waals surface area contributed by atoms with Gasteiger partial charge >= 0.3 is 5.97 Å². The summed E-state index contributed by atoms with van der Waals surface area (Å²) in [6.07, 6.45) is 7.08. The topological polar surface area (TPSA) is 62.3 Å². The van der Waals surface area contributed by atoms with Gasteiger partial charge in [0.25, 0.3) is 0 Å². The Morgan fingerprint density at radius 2 is 2.07 bits per heavy atom. The van der Waals surface area contributed by atoms with Gasteiger partial charge in [0.1, 0.15) is 16.9 Å². The van der Waals surface area contributed by atoms with Crippen molar-refractivity contribution in [2.45, 2.75) is 75.7 Å². The molecule has 28 heavy (non-hydrogen) atoms. The van der Waals surface area contributed by atoms with Crippen molar-refractivity contribution in [3.8, 4) is 0 Å². The molecule has 0 aromatic heterocycles. The Kier molecular flexibility index (Phi) is 2.65. The maximum absolute atomic E-state index is 12.9. The molecule has 0 aromatic carbocycles. The molecule has 5 nitrogen and oxygen atoms in total. The van der Waals surface area contributed by atoms with E-state index in [1.807, 2.05) is 0 Å². The number of carbonyl (C=O) groups is 1. The van der Waals surface area contributed by atoms with Crippen molar-refractivity contribution in [3.05, 3.63) is 11.1 Å². The second kappa shape index (κ2) is 4.40. The van der Waals surface area contributed by atoms with Crippen molar-refractivity contribution in [1.82, 2.24) is 4.90 Å². The third kappa shape index (κ3) is 1.25. The van der Waals surface area contributed by atoms with E-state index >= 15 is 0 Å². The normalized spacial score (nSPS) is 60.4. The Labute approximate surface area is 166 Å². The third-order valence-electron chi connectivity index (χ3n) is 11.0. The van der Waals surface area contributed by atoms with Crippen LogP contribution in [0.2, 0.25) is 0 Å². The van der Waals surface area contributed by atoms with E-state index in [0.717, 1.165) is 50.8 Å². The molecule has 2 spiro atoms. The Bertz CT molecular complexity index is 869. The van der Waals surface area contributed by atoms with Crippen LogP contribution >= 0.6 is 0 Å². The Hall–Kier alpha value is -0.910. The van der Waals surface area contributed by atoms with Crippen molar-refractivity contribution in [2.24, 2.45) is 28.6 Å². The van der Waals surface area contributed by atoms with Gasteiger partial charge in [0.05, 0.1) is 12.5 Å². The predicted octanol–water partition coefficient (Wildman–Crippen LogP) is 2.63. The zero-order chi connectivity index (χ0) is 19.3. The van der Waals surface area contributed by atoms with E-state index in [-0.39, 0.29) is 22.9 Å². The highest BCUT2D eigenvalue weighted by Gasteiger charge is 2.95. The second-order valence-corrected chi connectivity index (χ2v) is 11.2. The number of aliphatic hydroxyl groups is 1. The quantitative estimate of drug-likeness (QED) is 0.555. The molecule has 4 aliphatic carbocycles. The highest BCUT2D eigenvalue weighted by Crippen LogP contribution is 2.88. The zero-order valence-electron chi connectivity index (χ0n) is 17.2. The van der Waals surface area contributed by atoms with E-state index in [4.69, 9.17) is 9.47 Å². The molecule has 0 aromatic rings. The number of esters is 1. The lowest BCUT2D eigenvalue weighted by atomic mass is 9.40. The van der Waals surface area contributed by atoms with Gasteiger partial charge in [0.15, 0.2) is 0 Å². The molecular formula is C23H31NO4. The first-order chi connectivity index (χ1) is 13.3. The smallest absolute Gasteiger partial charge is 0.333 e. The molecule has 3 saturated carbocycles. The van der Waals surface area contributed by atoms with Gasteiger partial charge in [-0.2, -0.15) is 0 Å². The first-order valence-electron chi connectivity index (χ1n) is 11.3. The van der Waals surface area contributed by atoms with Crippen LogP contribution in [0, 0.1) is 28.6 Å². The summed E-state index contributed by atoms with van der Waals surface area (Å²) >= 11 is 0. The minimum absolute atomic E-state index is 0.00240. The van der Waals surface area contributed by atoms with E-state index in [2.05, 4.69) is 18.7 Å². The molecule has 7 rings (SSSR count). The number of rotatable bonds is 1. The van der Waals surface area contributed by atoms with Crippen molar-refractivity contribution in [1.29, 1.82) is 0 Å². The molecule has 1 N–H and O–H groups in total. The Balaban J connectivity index is 1.56. The summed E-state index contributed by atoms with van der Waals surface area (Å²) in [7, 11) is 1.49. The summed E-state index contributed by atoms with van der Waals surface area (Å²) < 4.78 is 12.1. The highest BCUT2D eigenvalue weighted by molar-refractivity contribution is 5.92. The average Bonchev–Trinajstić information content (AvgIpc) is 2.91. The predicted molar refractivity (Wildman–Crippen MR) is 101 cm³/mol. The first-order valence-corrected chi connectivity index (χ1v) is 11.3. The monoisotopic (exact) mass is 385 g/mol. The van der Waals surface area contributed by atoms with Crippen LogP contribution in [0.25, 0.3) is 0 Å². The third-order valence-corrected chi connectivity index (χ3v) is 11.0. The Morgan fingerprint density at radius 1 is 1.25 bits per heavy atom. The number of piperidine rings is 1. The summed E-state index contributed by atoms with van der Waals surface area (Å²) in [6, 6.07) is 0. The summed E-state index contributed by atoms with van der Waals surface area (Å²) in [5.74, 6) is 1.14. The molecule has 3 aliphatic heterocycles. The van der Waals surface area contributed by atoms with Gasteiger partial charge in [-0.15, -0.1) is 0 Å². The van der Waals surface area contributed by atoms with E-state index < -0.39 is 16.7 Å². The standard InChI is InChI=1S/C23H31NO4/c1-13-11-24-12-14-4-8-20-9-6-17-15(18(25)27-3)10-21(22(17,20)28-20)19(14,2)7-5-16(13)23(21,24)26/h13-14,16,26H,4-12H2,1-3H3/t13?,14-,16-,19+,20+,21+,22+,23-/m1/s1. The maximum atomic E-state index is 12.9. The van der Waals surface area contributed by atoms with E-state index in [0.29, 0.717) is 18.3 Å². The fraction of sp³-hybridized carbons (Fsp3) is 0.870. The Morgan fingerprint density at radius 3 is 2.86 bits per heavy atom. The molecule has 4 bridgehead atoms. The molecule has 5 heteroatoms. The summed E-state index contributed by atoms with van der Waals surface area (Å²) in [5, 5.41) is 12.7. The summed E-state index contributed by atoms with van der Waals surface area (Å²) in [4.78, 5) is 15.3. The lowest BCUT2D eigenvalue weighted by Crippen LogP contribution is -2.77. The van der Waals surface area contributed by atoms with Crippen LogP contribution in [0.4, 0.5) is 0 Å². The lowest BCUT2D eigenvalue weighted by Gasteiger charge is -2.69. The molecule has 1 unspecified atom stereocenters. The molecule has 6 fully saturated rings. The number of methoxy groups -OCH3 is 1. The lowest BCUT2D eigenvalue weighted by molar-refractivity contribution is -0.322. The van der Waals surface area contributed by atoms with Crippen LogP contribution in [0.15, 0.2) is 11.1 Å². The minimum atomic E-state index is -0.868.